The Bertz CT molecular complexity index is 2560. The van der Waals surface area contributed by atoms with E-state index in [1.807, 2.05) is 32.2 Å². The lowest BCUT2D eigenvalue weighted by Crippen LogP contribution is -2.73. The molecule has 2 aromatic rings. The third-order valence-corrected chi connectivity index (χ3v) is 24.2. The number of carbonyl (C=O) groups is 2. The van der Waals surface area contributed by atoms with E-state index in [-0.39, 0.29) is 59.9 Å². The van der Waals surface area contributed by atoms with E-state index in [2.05, 4.69) is 55.7 Å². The molecule has 2 heterocycles. The maximum atomic E-state index is 16.5. The Morgan fingerprint density at radius 1 is 0.892 bits per heavy atom. The number of fused-ring (bicyclic) bond motifs is 2. The van der Waals surface area contributed by atoms with E-state index < -0.39 is 44.4 Å². The Kier molecular flexibility index (Phi) is 12.9. The Morgan fingerprint density at radius 2 is 1.70 bits per heavy atom. The van der Waals surface area contributed by atoms with Crippen LogP contribution < -0.4 is 16.4 Å². The van der Waals surface area contributed by atoms with Crippen LogP contribution in [0.1, 0.15) is 192 Å². The summed E-state index contributed by atoms with van der Waals surface area (Å²) >= 11 is 0. The molecular formula is C64H91N3O7. The predicted octanol–water partition coefficient (Wildman–Crippen LogP) is 10.4. The number of aromatic hydroxyl groups is 1. The van der Waals surface area contributed by atoms with Gasteiger partial charge in [0.25, 0.3) is 0 Å². The molecule has 18 unspecified atom stereocenters. The molecule has 10 aliphatic rings. The number of epoxide rings is 1. The largest absolute Gasteiger partial charge is 0.508 e. The number of Topliss-reactive ketones (excluding diaryl/α,β-unsaturated/α-hetero) is 2. The van der Waals surface area contributed by atoms with Crippen molar-refractivity contribution < 1.29 is 34.8 Å². The average Bonchev–Trinajstić information content (AvgIpc) is 3.65. The quantitative estimate of drug-likeness (QED) is 0.0895. The molecular weight excluding hydrogens is 923 g/mol. The van der Waals surface area contributed by atoms with Gasteiger partial charge in [-0.3, -0.25) is 9.59 Å². The van der Waals surface area contributed by atoms with Crippen molar-refractivity contribution in [3.8, 4) is 5.75 Å². The van der Waals surface area contributed by atoms with Crippen molar-refractivity contribution in [1.82, 2.24) is 10.6 Å². The maximum absolute atomic E-state index is 16.5. The standard InChI is InChI=1S/C64H91N3O7/c1-58(73)23-8-9-24-59(2)55-49(67-37-58)33-64(27-28-68)51-22-21-48-53(50(70)34-63(48,64)26-12-25-62(57(59)72,36-60(51,55)3)41-29-38(35-66-5)30-43(69)32-41)52-45-16-7-6-13-39(45)19-20-46(52)54(71)56-61(4,74-56)47-18-11-17-44(47)40-14-10-15-42(65)31-40/h10,14-15,29-32,39,44-47,49,51-52,54-56,66-69,71,73H,6-9,11-13,16-28,33-37,65H2,1-5H3. The molecule has 2 aromatic carbocycles. The molecule has 9 fully saturated rings. The van der Waals surface area contributed by atoms with Crippen LogP contribution in [-0.2, 0) is 26.3 Å². The van der Waals surface area contributed by atoms with Crippen molar-refractivity contribution in [3.05, 3.63) is 70.3 Å². The van der Waals surface area contributed by atoms with Crippen molar-refractivity contribution in [2.45, 2.75) is 216 Å². The topological polar surface area (TPSA) is 178 Å². The van der Waals surface area contributed by atoms with Crippen LogP contribution in [0, 0.1) is 63.1 Å². The van der Waals surface area contributed by atoms with E-state index in [0.717, 1.165) is 119 Å². The molecule has 8 N–H and O–H groups in total. The second kappa shape index (κ2) is 18.5. The summed E-state index contributed by atoms with van der Waals surface area (Å²) in [5.41, 5.74) is 8.41. The van der Waals surface area contributed by atoms with Crippen molar-refractivity contribution in [3.63, 3.8) is 0 Å². The van der Waals surface area contributed by atoms with E-state index in [9.17, 15) is 20.4 Å². The fourth-order valence-corrected chi connectivity index (χ4v) is 21.8. The molecule has 18 atom stereocenters. The third kappa shape index (κ3) is 7.64. The van der Waals surface area contributed by atoms with Gasteiger partial charge in [0.05, 0.1) is 22.7 Å². The minimum Gasteiger partial charge on any atom is -0.508 e. The first kappa shape index (κ1) is 51.6. The van der Waals surface area contributed by atoms with Gasteiger partial charge in [-0.2, -0.15) is 0 Å². The molecule has 12 rings (SSSR count). The van der Waals surface area contributed by atoms with Crippen LogP contribution in [0.2, 0.25) is 0 Å². The van der Waals surface area contributed by atoms with Crippen molar-refractivity contribution in [2.24, 2.45) is 63.1 Å². The van der Waals surface area contributed by atoms with Gasteiger partial charge in [0.1, 0.15) is 17.6 Å². The molecule has 404 valence electrons. The van der Waals surface area contributed by atoms with Gasteiger partial charge in [-0.25, -0.2) is 0 Å². The van der Waals surface area contributed by atoms with E-state index in [1.165, 1.54) is 24.0 Å². The van der Waals surface area contributed by atoms with Gasteiger partial charge in [0.2, 0.25) is 0 Å². The molecule has 5 bridgehead atoms. The Hall–Kier alpha value is -3.12. The lowest BCUT2D eigenvalue weighted by molar-refractivity contribution is -0.214. The summed E-state index contributed by atoms with van der Waals surface area (Å²) in [7, 11) is 1.92. The van der Waals surface area contributed by atoms with Crippen molar-refractivity contribution >= 4 is 17.3 Å². The van der Waals surface area contributed by atoms with E-state index in [4.69, 9.17) is 10.5 Å². The number of phenols is 1. The van der Waals surface area contributed by atoms with Gasteiger partial charge in [-0.05, 0) is 215 Å². The van der Waals surface area contributed by atoms with Crippen LogP contribution in [0.5, 0.6) is 5.75 Å². The SMILES string of the molecule is CNCc1cc(O)cc(C23CCCC45CC(=O)C(C6C7CCCCC7CCC6C(O)C6OC6(C)C6CCCC6c6cccc(N)c6)=C4CCC4C(C)(C2)C2C(CC45CCO)NCC(C)(O)CCCCC2(C)C3=O)c1. The van der Waals surface area contributed by atoms with Gasteiger partial charge in [-0.1, -0.05) is 82.6 Å². The molecule has 1 spiro atoms. The number of nitrogens with two attached hydrogens (primary N) is 1. The molecule has 0 aromatic heterocycles. The number of ketones is 2. The number of β-amino-alcohol motifs (C(OH)–C–C–N with tert-alkyl or cyclic N) is 1. The van der Waals surface area contributed by atoms with Crippen LogP contribution in [0.25, 0.3) is 0 Å². The summed E-state index contributed by atoms with van der Waals surface area (Å²) in [6.07, 6.45) is 18.3. The summed E-state index contributed by atoms with van der Waals surface area (Å²) in [5.74, 6) is 2.19. The molecule has 0 amide bonds. The highest BCUT2D eigenvalue weighted by molar-refractivity contribution is 6.01. The summed E-state index contributed by atoms with van der Waals surface area (Å²) in [6, 6.07) is 14.2. The summed E-state index contributed by atoms with van der Waals surface area (Å²) < 4.78 is 6.91. The van der Waals surface area contributed by atoms with Gasteiger partial charge >= 0.3 is 0 Å². The number of rotatable bonds is 10. The van der Waals surface area contributed by atoms with Gasteiger partial charge in [-0.15, -0.1) is 0 Å². The lowest BCUT2D eigenvalue weighted by atomic mass is 9.31. The van der Waals surface area contributed by atoms with Crippen molar-refractivity contribution in [2.75, 3.05) is 25.9 Å². The Balaban J connectivity index is 1.00. The molecule has 10 nitrogen and oxygen atoms in total. The van der Waals surface area contributed by atoms with E-state index in [0.29, 0.717) is 68.7 Å². The molecule has 10 heteroatoms. The Labute approximate surface area is 442 Å². The number of hydrogen-bond acceptors (Lipinski definition) is 10. The molecule has 0 radical (unpaired) electrons. The fraction of sp³-hybridized carbons (Fsp3) is 0.750. The molecule has 2 aliphatic heterocycles. The van der Waals surface area contributed by atoms with Crippen LogP contribution in [-0.4, -0.2) is 81.6 Å². The van der Waals surface area contributed by atoms with Crippen LogP contribution in [0.15, 0.2) is 53.6 Å². The first-order valence-corrected chi connectivity index (χ1v) is 30.0. The van der Waals surface area contributed by atoms with Crippen LogP contribution in [0.4, 0.5) is 5.69 Å². The zero-order valence-electron chi connectivity index (χ0n) is 45.7. The zero-order chi connectivity index (χ0) is 51.8. The number of ether oxygens (including phenoxy) is 1. The number of phenolic OH excluding ortho intramolecular Hbond substituents is 1. The number of allylic oxidation sites excluding steroid dienone is 2. The summed E-state index contributed by atoms with van der Waals surface area (Å²) in [5, 5.41) is 55.8. The van der Waals surface area contributed by atoms with Crippen LogP contribution in [0.3, 0.4) is 0 Å². The average molecular weight is 1010 g/mol. The lowest BCUT2D eigenvalue weighted by Gasteiger charge is -2.72. The Morgan fingerprint density at radius 3 is 2.50 bits per heavy atom. The number of aliphatic hydroxyl groups excluding tert-OH is 2. The van der Waals surface area contributed by atoms with Gasteiger partial charge < -0.3 is 41.5 Å². The smallest absolute Gasteiger partial charge is 0.160 e. The minimum absolute atomic E-state index is 0.0202. The third-order valence-electron chi connectivity index (χ3n) is 24.2. The number of carbonyl (C=O) groups excluding carboxylic acids is 2. The molecule has 7 saturated carbocycles. The highest BCUT2D eigenvalue weighted by atomic mass is 16.6. The number of benzene rings is 2. The van der Waals surface area contributed by atoms with Gasteiger partial charge in [0, 0.05) is 48.7 Å². The summed E-state index contributed by atoms with van der Waals surface area (Å²) in [6.45, 7) is 10.1. The van der Waals surface area contributed by atoms with Crippen molar-refractivity contribution in [1.29, 1.82) is 0 Å². The number of anilines is 1. The summed E-state index contributed by atoms with van der Waals surface area (Å²) in [4.78, 5) is 32.7. The first-order chi connectivity index (χ1) is 35.4. The zero-order valence-corrected chi connectivity index (χ0v) is 45.7. The number of nitrogen functional groups attached to an aromatic ring is 1. The highest BCUT2D eigenvalue weighted by Crippen LogP contribution is 2.79. The number of aliphatic hydroxyl groups is 3. The minimum atomic E-state index is -0.915. The first-order valence-electron chi connectivity index (χ1n) is 30.0. The second-order valence-electron chi connectivity index (χ2n) is 28.0. The second-order valence-corrected chi connectivity index (χ2v) is 28.0. The number of nitrogens with one attached hydrogen (secondary N) is 2. The molecule has 2 saturated heterocycles. The normalized spacial score (nSPS) is 46.3. The van der Waals surface area contributed by atoms with E-state index >= 15 is 9.59 Å². The van der Waals surface area contributed by atoms with Crippen LogP contribution >= 0.6 is 0 Å². The van der Waals surface area contributed by atoms with Gasteiger partial charge in [0.15, 0.2) is 5.78 Å². The van der Waals surface area contributed by atoms with E-state index in [1.54, 1.807) is 0 Å². The number of hydrogen-bond donors (Lipinski definition) is 7. The fourth-order valence-electron chi connectivity index (χ4n) is 21.8. The highest BCUT2D eigenvalue weighted by Gasteiger charge is 2.77. The monoisotopic (exact) mass is 1010 g/mol. The maximum Gasteiger partial charge on any atom is 0.160 e. The predicted molar refractivity (Wildman–Crippen MR) is 289 cm³/mol. The molecule has 8 aliphatic carbocycles. The molecule has 74 heavy (non-hydrogen) atoms.